The quantitative estimate of drug-likeness (QED) is 0.682. The molecule has 0 aromatic heterocycles. The van der Waals surface area contributed by atoms with E-state index in [1.807, 2.05) is 0 Å². The van der Waals surface area contributed by atoms with Gasteiger partial charge in [0.25, 0.3) is 0 Å². The zero-order valence-electron chi connectivity index (χ0n) is 9.56. The van der Waals surface area contributed by atoms with Crippen molar-refractivity contribution in [3.63, 3.8) is 0 Å². The molecule has 0 unspecified atom stereocenters. The van der Waals surface area contributed by atoms with E-state index < -0.39 is 0 Å². The largest absolute Gasteiger partial charge is 0.325 e. The molecule has 0 spiro atoms. The molecule has 5 heteroatoms. The van der Waals surface area contributed by atoms with Crippen molar-refractivity contribution in [1.82, 2.24) is 10.2 Å². The van der Waals surface area contributed by atoms with E-state index in [1.165, 1.54) is 0 Å². The van der Waals surface area contributed by atoms with Crippen LogP contribution in [0.3, 0.4) is 0 Å². The first-order valence-electron chi connectivity index (χ1n) is 6.19. The second-order valence-electron chi connectivity index (χ2n) is 5.18. The predicted octanol–water partition coefficient (Wildman–Crippen LogP) is -0.180. The Bertz CT molecular complexity index is 414. The minimum Gasteiger partial charge on any atom is -0.325 e. The van der Waals surface area contributed by atoms with Crippen LogP contribution in [0.4, 0.5) is 0 Å². The Labute approximate surface area is 99.8 Å². The lowest BCUT2D eigenvalue weighted by Crippen LogP contribution is -2.52. The number of likely N-dealkylation sites (tertiary alicyclic amines) is 1. The summed E-state index contributed by atoms with van der Waals surface area (Å²) in [6, 6.07) is 1.57. The van der Waals surface area contributed by atoms with Crippen LogP contribution >= 0.6 is 0 Å². The van der Waals surface area contributed by atoms with Crippen molar-refractivity contribution in [1.29, 1.82) is 5.26 Å². The molecule has 3 rings (SSSR count). The van der Waals surface area contributed by atoms with Crippen LogP contribution in [0.5, 0.6) is 0 Å². The molecule has 3 aliphatic rings. The fourth-order valence-electron chi connectivity index (χ4n) is 3.30. The smallest absolute Gasteiger partial charge is 0.241 e. The molecule has 17 heavy (non-hydrogen) atoms. The van der Waals surface area contributed by atoms with Crippen LogP contribution in [0.1, 0.15) is 25.7 Å². The number of carbonyl (C=O) groups is 2. The highest BCUT2D eigenvalue weighted by Crippen LogP contribution is 2.34. The molecule has 1 amide bonds. The fourth-order valence-corrected chi connectivity index (χ4v) is 3.30. The summed E-state index contributed by atoms with van der Waals surface area (Å²) in [6.07, 6.45) is 3.01. The fraction of sp³-hybridized carbons (Fsp3) is 0.750. The number of hydrogen-bond acceptors (Lipinski definition) is 4. The van der Waals surface area contributed by atoms with Gasteiger partial charge in [-0.3, -0.25) is 14.9 Å². The molecule has 3 fully saturated rings. The van der Waals surface area contributed by atoms with Crippen molar-refractivity contribution in [3.8, 4) is 6.07 Å². The van der Waals surface area contributed by atoms with Gasteiger partial charge in [-0.1, -0.05) is 0 Å². The van der Waals surface area contributed by atoms with E-state index in [-0.39, 0.29) is 35.7 Å². The van der Waals surface area contributed by atoms with Gasteiger partial charge in [-0.25, -0.2) is 0 Å². The normalized spacial score (nSPS) is 39.7. The molecule has 1 aliphatic carbocycles. The first kappa shape index (κ1) is 10.7. The van der Waals surface area contributed by atoms with Gasteiger partial charge in [-0.05, 0) is 25.2 Å². The van der Waals surface area contributed by atoms with Gasteiger partial charge < -0.3 is 4.90 Å². The maximum absolute atomic E-state index is 12.3. The van der Waals surface area contributed by atoms with Gasteiger partial charge in [-0.15, -0.1) is 0 Å². The van der Waals surface area contributed by atoms with E-state index in [1.54, 1.807) is 4.90 Å². The maximum Gasteiger partial charge on any atom is 0.241 e. The highest BCUT2D eigenvalue weighted by Gasteiger charge is 2.49. The van der Waals surface area contributed by atoms with Crippen LogP contribution in [0.2, 0.25) is 0 Å². The second kappa shape index (κ2) is 3.81. The standard InChI is InChI=1S/C12H15N3O2/c13-6-8-2-1-3-15(8)12(17)11-7-4-9(14-11)10(16)5-7/h7-9,11,14H,1-5H2/t7-,8-,9+,11-/m0/s1. The summed E-state index contributed by atoms with van der Waals surface area (Å²) in [4.78, 5) is 25.4. The van der Waals surface area contributed by atoms with E-state index in [0.29, 0.717) is 13.0 Å². The second-order valence-corrected chi connectivity index (χ2v) is 5.18. The molecule has 2 saturated heterocycles. The lowest BCUT2D eigenvalue weighted by atomic mass is 9.98. The van der Waals surface area contributed by atoms with Crippen LogP contribution in [0.15, 0.2) is 0 Å². The lowest BCUT2D eigenvalue weighted by Gasteiger charge is -2.28. The van der Waals surface area contributed by atoms with Gasteiger partial charge in [0.05, 0.1) is 18.2 Å². The maximum atomic E-state index is 12.3. The molecule has 2 bridgehead atoms. The number of Topliss-reactive ketones (excluding diaryl/α,β-unsaturated/α-hetero) is 1. The lowest BCUT2D eigenvalue weighted by molar-refractivity contribution is -0.135. The monoisotopic (exact) mass is 233 g/mol. The summed E-state index contributed by atoms with van der Waals surface area (Å²) in [5.41, 5.74) is 0. The molecule has 2 heterocycles. The molecule has 5 nitrogen and oxygen atoms in total. The van der Waals surface area contributed by atoms with Crippen LogP contribution in [0, 0.1) is 17.2 Å². The Kier molecular flexibility index (Phi) is 2.40. The first-order valence-corrected chi connectivity index (χ1v) is 6.19. The van der Waals surface area contributed by atoms with Gasteiger partial charge >= 0.3 is 0 Å². The number of nitrogens with one attached hydrogen (secondary N) is 1. The molecule has 1 saturated carbocycles. The van der Waals surface area contributed by atoms with Gasteiger partial charge in [0.1, 0.15) is 11.8 Å². The predicted molar refractivity (Wildman–Crippen MR) is 58.8 cm³/mol. The number of hydrogen-bond donors (Lipinski definition) is 1. The SMILES string of the molecule is N#C[C@@H]1CCCN1C(=O)[C@H]1N[C@@H]2C[C@H]1CC2=O. The molecule has 4 atom stereocenters. The highest BCUT2D eigenvalue weighted by molar-refractivity contribution is 5.93. The number of fused-ring (bicyclic) bond motifs is 2. The molecular formula is C12H15N3O2. The minimum atomic E-state index is -0.265. The molecule has 90 valence electrons. The van der Waals surface area contributed by atoms with Crippen molar-refractivity contribution >= 4 is 11.7 Å². The highest BCUT2D eigenvalue weighted by atomic mass is 16.2. The average Bonchev–Trinajstić information content (AvgIpc) is 3.01. The van der Waals surface area contributed by atoms with Gasteiger partial charge in [0.15, 0.2) is 0 Å². The van der Waals surface area contributed by atoms with E-state index >= 15 is 0 Å². The van der Waals surface area contributed by atoms with Crippen molar-refractivity contribution in [2.75, 3.05) is 6.54 Å². The summed E-state index contributed by atoms with van der Waals surface area (Å²) in [5.74, 6) is 0.409. The van der Waals surface area contributed by atoms with Gasteiger partial charge in [0.2, 0.25) is 5.91 Å². The molecule has 1 N–H and O–H groups in total. The van der Waals surface area contributed by atoms with E-state index in [2.05, 4.69) is 11.4 Å². The Balaban J connectivity index is 1.72. The van der Waals surface area contributed by atoms with Gasteiger partial charge in [0, 0.05) is 13.0 Å². The molecular weight excluding hydrogens is 218 g/mol. The van der Waals surface area contributed by atoms with Crippen LogP contribution in [0.25, 0.3) is 0 Å². The zero-order chi connectivity index (χ0) is 12.0. The summed E-state index contributed by atoms with van der Waals surface area (Å²) in [5, 5.41) is 12.1. The van der Waals surface area contributed by atoms with Crippen molar-refractivity contribution in [2.24, 2.45) is 5.92 Å². The first-order chi connectivity index (χ1) is 8.20. The van der Waals surface area contributed by atoms with Crippen molar-refractivity contribution in [2.45, 2.75) is 43.8 Å². The third kappa shape index (κ3) is 1.55. The van der Waals surface area contributed by atoms with Crippen LogP contribution in [-0.2, 0) is 9.59 Å². The molecule has 0 radical (unpaired) electrons. The molecule has 0 aromatic carbocycles. The third-order valence-electron chi connectivity index (χ3n) is 4.19. The summed E-state index contributed by atoms with van der Waals surface area (Å²) in [6.45, 7) is 0.681. The summed E-state index contributed by atoms with van der Waals surface area (Å²) >= 11 is 0. The number of ketones is 1. The number of amides is 1. The Morgan fingerprint density at radius 3 is 2.94 bits per heavy atom. The number of piperidine rings is 1. The topological polar surface area (TPSA) is 73.2 Å². The Hall–Kier alpha value is -1.41. The van der Waals surface area contributed by atoms with E-state index in [4.69, 9.17) is 5.26 Å². The summed E-state index contributed by atoms with van der Waals surface area (Å²) < 4.78 is 0. The van der Waals surface area contributed by atoms with Crippen LogP contribution < -0.4 is 5.32 Å². The number of rotatable bonds is 1. The zero-order valence-corrected chi connectivity index (χ0v) is 9.56. The number of nitriles is 1. The molecule has 0 aromatic rings. The Morgan fingerprint density at radius 2 is 2.35 bits per heavy atom. The Morgan fingerprint density at radius 1 is 1.53 bits per heavy atom. The van der Waals surface area contributed by atoms with E-state index in [9.17, 15) is 9.59 Å². The van der Waals surface area contributed by atoms with E-state index in [0.717, 1.165) is 19.3 Å². The third-order valence-corrected chi connectivity index (χ3v) is 4.19. The summed E-state index contributed by atoms with van der Waals surface area (Å²) in [7, 11) is 0. The van der Waals surface area contributed by atoms with Crippen molar-refractivity contribution in [3.05, 3.63) is 0 Å². The number of carbonyl (C=O) groups excluding carboxylic acids is 2. The van der Waals surface area contributed by atoms with Gasteiger partial charge in [-0.2, -0.15) is 5.26 Å². The molecule has 2 aliphatic heterocycles. The number of nitrogens with zero attached hydrogens (tertiary/aromatic N) is 2. The minimum absolute atomic E-state index is 0.0223. The van der Waals surface area contributed by atoms with Crippen molar-refractivity contribution < 1.29 is 9.59 Å². The average molecular weight is 233 g/mol. The van der Waals surface area contributed by atoms with Crippen LogP contribution in [-0.4, -0.2) is 41.3 Å².